The van der Waals surface area contributed by atoms with Gasteiger partial charge in [0.2, 0.25) is 5.91 Å². The fourth-order valence-corrected chi connectivity index (χ4v) is 6.34. The molecule has 0 radical (unpaired) electrons. The molecule has 0 aliphatic carbocycles. The van der Waals surface area contributed by atoms with Crippen molar-refractivity contribution in [2.24, 2.45) is 5.73 Å². The monoisotopic (exact) mass is 392 g/mol. The van der Waals surface area contributed by atoms with Crippen molar-refractivity contribution in [3.63, 3.8) is 0 Å². The van der Waals surface area contributed by atoms with Crippen LogP contribution in [0.2, 0.25) is 0 Å². The van der Waals surface area contributed by atoms with Crippen LogP contribution in [0, 0.1) is 0 Å². The number of hydroxylamine groups is 1. The van der Waals surface area contributed by atoms with Crippen molar-refractivity contribution in [1.82, 2.24) is 5.48 Å². The zero-order chi connectivity index (χ0) is 19.9. The summed E-state index contributed by atoms with van der Waals surface area (Å²) in [5, 5.41) is 10.0. The molecule has 0 fully saturated rings. The third-order valence-corrected chi connectivity index (χ3v) is 8.24. The lowest BCUT2D eigenvalue weighted by molar-refractivity contribution is -0.128. The van der Waals surface area contributed by atoms with Crippen molar-refractivity contribution in [3.05, 3.63) is 42.5 Å². The number of primary amides is 1. The number of hydrogen-bond acceptors (Lipinski definition) is 4. The smallest absolute Gasteiger partial charge is 0.257 e. The molecule has 0 aromatic heterocycles. The first-order valence-corrected chi connectivity index (χ1v) is 11.2. The summed E-state index contributed by atoms with van der Waals surface area (Å²) in [5.74, 6) is -1.86. The quantitative estimate of drug-likeness (QED) is 0.216. The number of amides is 2. The maximum absolute atomic E-state index is 14.0. The van der Waals surface area contributed by atoms with Crippen LogP contribution < -0.4 is 11.2 Å². The number of benzene rings is 2. The molecule has 2 rings (SSSR count). The summed E-state index contributed by atoms with van der Waals surface area (Å²) in [5.41, 5.74) is 7.01. The van der Waals surface area contributed by atoms with Gasteiger partial charge in [-0.1, -0.05) is 72.9 Å². The molecule has 4 N–H and O–H groups in total. The van der Waals surface area contributed by atoms with Crippen LogP contribution in [-0.2, 0) is 19.5 Å². The Bertz CT molecular complexity index is 853. The van der Waals surface area contributed by atoms with Crippen molar-refractivity contribution in [3.8, 4) is 0 Å². The molecule has 0 saturated carbocycles. The van der Waals surface area contributed by atoms with Crippen LogP contribution >= 0.6 is 0 Å². The van der Waals surface area contributed by atoms with Gasteiger partial charge < -0.3 is 5.73 Å². The minimum absolute atomic E-state index is 0.323. The highest BCUT2D eigenvalue weighted by molar-refractivity contribution is 8.04. The van der Waals surface area contributed by atoms with Gasteiger partial charge in [-0.25, -0.2) is 5.48 Å². The molecule has 0 spiro atoms. The second kappa shape index (κ2) is 9.62. The largest absolute Gasteiger partial charge is 0.369 e. The summed E-state index contributed by atoms with van der Waals surface area (Å²) in [6, 6.07) is 12.9. The van der Waals surface area contributed by atoms with E-state index in [-0.39, 0.29) is 0 Å². The van der Waals surface area contributed by atoms with Crippen molar-refractivity contribution in [2.45, 2.75) is 49.2 Å². The molecule has 7 heteroatoms. The van der Waals surface area contributed by atoms with Gasteiger partial charge in [-0.05, 0) is 29.3 Å². The van der Waals surface area contributed by atoms with Gasteiger partial charge in [0.1, 0.15) is 0 Å². The van der Waals surface area contributed by atoms with Gasteiger partial charge in [-0.3, -0.25) is 19.0 Å². The number of nitrogens with two attached hydrogens (primary N) is 1. The summed E-state index contributed by atoms with van der Waals surface area (Å²) in [4.78, 5) is 24.5. The van der Waals surface area contributed by atoms with Crippen LogP contribution in [0.15, 0.2) is 47.4 Å². The summed E-state index contributed by atoms with van der Waals surface area (Å²) < 4.78 is 14.0. The second-order valence-electron chi connectivity index (χ2n) is 6.79. The molecule has 1 unspecified atom stereocenters. The summed E-state index contributed by atoms with van der Waals surface area (Å²) >= 11 is 0. The van der Waals surface area contributed by atoms with E-state index in [1.807, 2.05) is 30.3 Å². The molecule has 0 heterocycles. The van der Waals surface area contributed by atoms with Crippen LogP contribution in [0.3, 0.4) is 0 Å². The third kappa shape index (κ3) is 5.14. The van der Waals surface area contributed by atoms with E-state index < -0.39 is 32.7 Å². The van der Waals surface area contributed by atoms with Crippen molar-refractivity contribution >= 4 is 32.5 Å². The number of nitrogens with one attached hydrogen (secondary N) is 1. The molecule has 2 amide bonds. The Morgan fingerprint density at radius 3 is 2.44 bits per heavy atom. The first-order chi connectivity index (χ1) is 12.9. The number of thiol groups is 1. The van der Waals surface area contributed by atoms with E-state index in [4.69, 9.17) is 5.73 Å². The Kier molecular flexibility index (Phi) is 7.50. The minimum atomic E-state index is -3.51. The molecule has 2 aromatic carbocycles. The highest BCUT2D eigenvalue weighted by Crippen LogP contribution is 2.31. The van der Waals surface area contributed by atoms with Gasteiger partial charge in [0.25, 0.3) is 5.91 Å². The number of fused-ring (bicyclic) bond motifs is 1. The topological polar surface area (TPSA) is 109 Å². The fraction of sp³-hybridized carbons (Fsp3) is 0.400. The molecule has 0 aliphatic rings. The predicted octanol–water partition coefficient (Wildman–Crippen LogP) is 2.55. The van der Waals surface area contributed by atoms with Crippen molar-refractivity contribution in [2.75, 3.05) is 5.75 Å². The molecular formula is C20H28N2O4S. The molecule has 2 aromatic rings. The maximum Gasteiger partial charge on any atom is 0.257 e. The average Bonchev–Trinajstić information content (AvgIpc) is 2.66. The molecule has 148 valence electrons. The summed E-state index contributed by atoms with van der Waals surface area (Å²) in [7, 11) is -3.51. The Balaban J connectivity index is 2.47. The van der Waals surface area contributed by atoms with Crippen LogP contribution in [-0.4, -0.2) is 32.2 Å². The SMILES string of the molecule is CCCCCCC(C(=O)NO)[SH](=O)(CC(N)=O)c1ccc2ccccc2c1. The number of rotatable bonds is 10. The Morgan fingerprint density at radius 2 is 1.81 bits per heavy atom. The average molecular weight is 393 g/mol. The predicted molar refractivity (Wildman–Crippen MR) is 108 cm³/mol. The number of unbranched alkanes of at least 4 members (excludes halogenated alkanes) is 3. The standard InChI is InChI=1S/C20H28N2O4S/c1-2-3-4-5-10-18(20(24)22-25)27(26,14-19(21)23)17-12-11-15-8-6-7-9-16(15)13-17/h6-9,11-13,18,25,27H,2-5,10,14H2,1H3,(H2,21,23)(H,22,24). The lowest BCUT2D eigenvalue weighted by Crippen LogP contribution is -2.46. The minimum Gasteiger partial charge on any atom is -0.369 e. The van der Waals surface area contributed by atoms with E-state index in [1.165, 1.54) is 0 Å². The van der Waals surface area contributed by atoms with E-state index in [9.17, 15) is 19.0 Å². The molecular weight excluding hydrogens is 364 g/mol. The molecule has 0 saturated heterocycles. The zero-order valence-corrected chi connectivity index (χ0v) is 16.5. The first kappa shape index (κ1) is 21.1. The van der Waals surface area contributed by atoms with Gasteiger partial charge in [0.15, 0.2) is 0 Å². The first-order valence-electron chi connectivity index (χ1n) is 9.22. The second-order valence-corrected chi connectivity index (χ2v) is 9.84. The molecule has 6 nitrogen and oxygen atoms in total. The number of carbonyl (C=O) groups is 2. The Hall–Kier alpha value is -2.25. The highest BCUT2D eigenvalue weighted by Gasteiger charge is 2.36. The lowest BCUT2D eigenvalue weighted by atomic mass is 10.1. The third-order valence-electron chi connectivity index (χ3n) is 4.81. The molecule has 27 heavy (non-hydrogen) atoms. The van der Waals surface area contributed by atoms with E-state index in [2.05, 4.69) is 6.92 Å². The zero-order valence-electron chi connectivity index (χ0n) is 15.6. The van der Waals surface area contributed by atoms with Gasteiger partial charge in [0.05, 0.1) is 11.0 Å². The summed E-state index contributed by atoms with van der Waals surface area (Å²) in [6.45, 7) is 2.07. The van der Waals surface area contributed by atoms with Crippen LogP contribution in [0.1, 0.15) is 39.0 Å². The van der Waals surface area contributed by atoms with Crippen LogP contribution in [0.4, 0.5) is 0 Å². The van der Waals surface area contributed by atoms with Gasteiger partial charge >= 0.3 is 0 Å². The van der Waals surface area contributed by atoms with E-state index in [1.54, 1.807) is 17.6 Å². The van der Waals surface area contributed by atoms with E-state index >= 15 is 0 Å². The van der Waals surface area contributed by atoms with E-state index in [0.717, 1.165) is 30.0 Å². The van der Waals surface area contributed by atoms with Crippen molar-refractivity contribution in [1.29, 1.82) is 0 Å². The fourth-order valence-electron chi connectivity index (χ4n) is 3.39. The van der Waals surface area contributed by atoms with E-state index in [0.29, 0.717) is 17.7 Å². The molecule has 1 atom stereocenters. The van der Waals surface area contributed by atoms with Gasteiger partial charge in [-0.2, -0.15) is 0 Å². The Morgan fingerprint density at radius 1 is 1.11 bits per heavy atom. The normalized spacial score (nSPS) is 13.3. The van der Waals surface area contributed by atoms with Crippen LogP contribution in [0.25, 0.3) is 10.8 Å². The molecule has 0 bridgehead atoms. The molecule has 0 aliphatic heterocycles. The van der Waals surface area contributed by atoms with Gasteiger partial charge in [-0.15, -0.1) is 0 Å². The summed E-state index contributed by atoms with van der Waals surface area (Å²) in [6.07, 6.45) is 3.93. The van der Waals surface area contributed by atoms with Crippen LogP contribution in [0.5, 0.6) is 0 Å². The van der Waals surface area contributed by atoms with Gasteiger partial charge in [0, 0.05) is 4.90 Å². The Labute approximate surface area is 160 Å². The number of carbonyl (C=O) groups excluding carboxylic acids is 2. The maximum atomic E-state index is 14.0. The lowest BCUT2D eigenvalue weighted by Gasteiger charge is -2.31. The van der Waals surface area contributed by atoms with Crippen molar-refractivity contribution < 1.29 is 19.0 Å². The highest BCUT2D eigenvalue weighted by atomic mass is 32.2. The number of hydrogen-bond donors (Lipinski definition) is 4.